The van der Waals surface area contributed by atoms with E-state index in [2.05, 4.69) is 5.32 Å². The number of sulfonamides is 1. The van der Waals surface area contributed by atoms with E-state index >= 15 is 0 Å². The van der Waals surface area contributed by atoms with Crippen LogP contribution in [0.15, 0.2) is 30.3 Å². The standard InChI is InChI=1S/C19H27N3O4S/c1-27(25,26)22-14-13-21(19(24)15-7-3-2-4-8-15)12-11-20-18(23)16-9-5-6-10-17(16)22/h2-4,7-8,16-17H,5-6,9-14H2,1H3,(H,20,23)/t16-,17+/m0/s1. The smallest absolute Gasteiger partial charge is 0.253 e. The Morgan fingerprint density at radius 1 is 1.07 bits per heavy atom. The molecule has 1 aromatic rings. The van der Waals surface area contributed by atoms with Crippen LogP contribution >= 0.6 is 0 Å². The second-order valence-electron chi connectivity index (χ2n) is 7.28. The highest BCUT2D eigenvalue weighted by Crippen LogP contribution is 2.30. The molecular formula is C19H27N3O4S. The van der Waals surface area contributed by atoms with Gasteiger partial charge in [0.05, 0.1) is 12.2 Å². The summed E-state index contributed by atoms with van der Waals surface area (Å²) in [4.78, 5) is 27.1. The molecule has 0 spiro atoms. The summed E-state index contributed by atoms with van der Waals surface area (Å²) in [5.41, 5.74) is 0.558. The fraction of sp³-hybridized carbons (Fsp3) is 0.579. The monoisotopic (exact) mass is 393 g/mol. The second-order valence-corrected chi connectivity index (χ2v) is 9.22. The summed E-state index contributed by atoms with van der Waals surface area (Å²) in [6.45, 7) is 1.25. The van der Waals surface area contributed by atoms with Crippen LogP contribution in [0.25, 0.3) is 0 Å². The molecule has 1 saturated heterocycles. The lowest BCUT2D eigenvalue weighted by Crippen LogP contribution is -2.55. The lowest BCUT2D eigenvalue weighted by molar-refractivity contribution is -0.127. The summed E-state index contributed by atoms with van der Waals surface area (Å²) in [6, 6.07) is 8.59. The molecule has 1 saturated carbocycles. The average Bonchev–Trinajstić information content (AvgIpc) is 2.66. The van der Waals surface area contributed by atoms with Crippen molar-refractivity contribution in [2.75, 3.05) is 32.4 Å². The highest BCUT2D eigenvalue weighted by Gasteiger charge is 2.39. The third kappa shape index (κ3) is 4.68. The normalized spacial score (nSPS) is 25.4. The number of hydrogen-bond acceptors (Lipinski definition) is 4. The van der Waals surface area contributed by atoms with Crippen molar-refractivity contribution in [3.63, 3.8) is 0 Å². The van der Waals surface area contributed by atoms with Crippen molar-refractivity contribution in [1.29, 1.82) is 0 Å². The van der Waals surface area contributed by atoms with Crippen LogP contribution in [0.3, 0.4) is 0 Å². The van der Waals surface area contributed by atoms with Crippen LogP contribution in [-0.4, -0.2) is 67.9 Å². The molecule has 1 N–H and O–H groups in total. The molecule has 1 heterocycles. The third-order valence-corrected chi connectivity index (χ3v) is 6.75. The first kappa shape index (κ1) is 19.8. The van der Waals surface area contributed by atoms with Gasteiger partial charge >= 0.3 is 0 Å². The van der Waals surface area contributed by atoms with Crippen LogP contribution in [0.1, 0.15) is 36.0 Å². The molecule has 1 aliphatic carbocycles. The predicted molar refractivity (Wildman–Crippen MR) is 103 cm³/mol. The number of carbonyl (C=O) groups excluding carboxylic acids is 2. The largest absolute Gasteiger partial charge is 0.354 e. The maximum absolute atomic E-state index is 12.8. The molecule has 2 amide bonds. The van der Waals surface area contributed by atoms with Gasteiger partial charge in [0.25, 0.3) is 5.91 Å². The maximum Gasteiger partial charge on any atom is 0.253 e. The van der Waals surface area contributed by atoms with E-state index in [1.165, 1.54) is 10.6 Å². The Hall–Kier alpha value is -1.93. The van der Waals surface area contributed by atoms with Crippen LogP contribution in [-0.2, 0) is 14.8 Å². The van der Waals surface area contributed by atoms with E-state index in [-0.39, 0.29) is 30.3 Å². The SMILES string of the molecule is CS(=O)(=O)N1CCN(C(=O)c2ccccc2)CCNC(=O)[C@H]2CCCC[C@H]21. The molecule has 2 fully saturated rings. The van der Waals surface area contributed by atoms with Crippen molar-refractivity contribution in [1.82, 2.24) is 14.5 Å². The maximum atomic E-state index is 12.8. The molecule has 0 unspecified atom stereocenters. The summed E-state index contributed by atoms with van der Waals surface area (Å²) >= 11 is 0. The highest BCUT2D eigenvalue weighted by molar-refractivity contribution is 7.88. The molecule has 0 aromatic heterocycles. The molecule has 2 atom stereocenters. The van der Waals surface area contributed by atoms with Gasteiger partial charge in [0.1, 0.15) is 0 Å². The van der Waals surface area contributed by atoms with E-state index in [1.54, 1.807) is 29.2 Å². The first-order chi connectivity index (χ1) is 12.9. The van der Waals surface area contributed by atoms with Crippen LogP contribution < -0.4 is 5.32 Å². The van der Waals surface area contributed by atoms with Gasteiger partial charge in [0.15, 0.2) is 0 Å². The Morgan fingerprint density at radius 3 is 2.48 bits per heavy atom. The van der Waals surface area contributed by atoms with E-state index in [9.17, 15) is 18.0 Å². The van der Waals surface area contributed by atoms with Crippen LogP contribution in [0, 0.1) is 5.92 Å². The summed E-state index contributed by atoms with van der Waals surface area (Å²) in [6.07, 6.45) is 4.41. The molecule has 148 valence electrons. The van der Waals surface area contributed by atoms with Gasteiger partial charge in [-0.05, 0) is 25.0 Å². The Morgan fingerprint density at radius 2 is 1.78 bits per heavy atom. The number of nitrogens with one attached hydrogen (secondary N) is 1. The van der Waals surface area contributed by atoms with Gasteiger partial charge in [-0.3, -0.25) is 9.59 Å². The fourth-order valence-corrected chi connectivity index (χ4v) is 5.24. The van der Waals surface area contributed by atoms with Crippen molar-refractivity contribution < 1.29 is 18.0 Å². The highest BCUT2D eigenvalue weighted by atomic mass is 32.2. The van der Waals surface area contributed by atoms with Crippen molar-refractivity contribution >= 4 is 21.8 Å². The lowest BCUT2D eigenvalue weighted by atomic mass is 9.83. The van der Waals surface area contributed by atoms with Gasteiger partial charge in [-0.15, -0.1) is 0 Å². The molecule has 1 aromatic carbocycles. The van der Waals surface area contributed by atoms with Gasteiger partial charge in [-0.2, -0.15) is 4.31 Å². The summed E-state index contributed by atoms with van der Waals surface area (Å²) in [5, 5.41) is 2.91. The number of rotatable bonds is 2. The number of amides is 2. The Balaban J connectivity index is 1.85. The number of fused-ring (bicyclic) bond motifs is 1. The van der Waals surface area contributed by atoms with Gasteiger partial charge in [-0.1, -0.05) is 31.0 Å². The zero-order valence-electron chi connectivity index (χ0n) is 15.6. The van der Waals surface area contributed by atoms with Crippen LogP contribution in [0.4, 0.5) is 0 Å². The van der Waals surface area contributed by atoms with E-state index in [0.717, 1.165) is 12.8 Å². The van der Waals surface area contributed by atoms with E-state index in [4.69, 9.17) is 0 Å². The summed E-state index contributed by atoms with van der Waals surface area (Å²) in [5.74, 6) is -0.578. The molecule has 3 rings (SSSR count). The molecule has 27 heavy (non-hydrogen) atoms. The number of nitrogens with zero attached hydrogens (tertiary/aromatic N) is 2. The first-order valence-corrected chi connectivity index (χ1v) is 11.3. The zero-order chi connectivity index (χ0) is 19.4. The predicted octanol–water partition coefficient (Wildman–Crippen LogP) is 1.08. The Bertz CT molecular complexity index is 781. The minimum Gasteiger partial charge on any atom is -0.354 e. The first-order valence-electron chi connectivity index (χ1n) is 9.47. The van der Waals surface area contributed by atoms with Gasteiger partial charge < -0.3 is 10.2 Å². The zero-order valence-corrected chi connectivity index (χ0v) is 16.5. The average molecular weight is 394 g/mol. The van der Waals surface area contributed by atoms with Gasteiger partial charge in [-0.25, -0.2) is 8.42 Å². The minimum absolute atomic E-state index is 0.109. The van der Waals surface area contributed by atoms with E-state index in [0.29, 0.717) is 38.0 Å². The molecule has 2 aliphatic rings. The van der Waals surface area contributed by atoms with Crippen molar-refractivity contribution in [3.05, 3.63) is 35.9 Å². The fourth-order valence-electron chi connectivity index (χ4n) is 4.08. The quantitative estimate of drug-likeness (QED) is 0.815. The van der Waals surface area contributed by atoms with Crippen molar-refractivity contribution in [2.24, 2.45) is 5.92 Å². The van der Waals surface area contributed by atoms with E-state index < -0.39 is 10.0 Å². The van der Waals surface area contributed by atoms with Gasteiger partial charge in [0.2, 0.25) is 15.9 Å². The summed E-state index contributed by atoms with van der Waals surface area (Å²) < 4.78 is 26.3. The van der Waals surface area contributed by atoms with Crippen LogP contribution in [0.2, 0.25) is 0 Å². The van der Waals surface area contributed by atoms with Crippen LogP contribution in [0.5, 0.6) is 0 Å². The van der Waals surface area contributed by atoms with Gasteiger partial charge in [0, 0.05) is 37.8 Å². The van der Waals surface area contributed by atoms with E-state index in [1.807, 2.05) is 6.07 Å². The molecule has 0 radical (unpaired) electrons. The minimum atomic E-state index is -3.49. The topological polar surface area (TPSA) is 86.8 Å². The molecule has 8 heteroatoms. The Kier molecular flexibility index (Phi) is 6.16. The third-order valence-electron chi connectivity index (χ3n) is 5.44. The number of benzene rings is 1. The lowest BCUT2D eigenvalue weighted by Gasteiger charge is -2.39. The number of carbonyl (C=O) groups is 2. The van der Waals surface area contributed by atoms with Crippen molar-refractivity contribution in [3.8, 4) is 0 Å². The number of hydrogen-bond donors (Lipinski definition) is 1. The second kappa shape index (κ2) is 8.39. The Labute approximate surface area is 160 Å². The molecule has 1 aliphatic heterocycles. The molecule has 0 bridgehead atoms. The molecule has 7 nitrogen and oxygen atoms in total. The van der Waals surface area contributed by atoms with Crippen molar-refractivity contribution in [2.45, 2.75) is 31.7 Å². The summed E-state index contributed by atoms with van der Waals surface area (Å²) in [7, 11) is -3.49. The molecular weight excluding hydrogens is 366 g/mol.